The van der Waals surface area contributed by atoms with E-state index in [-0.39, 0.29) is 5.54 Å². The third-order valence-electron chi connectivity index (χ3n) is 4.18. The van der Waals surface area contributed by atoms with Gasteiger partial charge in [-0.2, -0.15) is 0 Å². The summed E-state index contributed by atoms with van der Waals surface area (Å²) in [5, 5.41) is 5.89. The molecule has 0 amide bonds. The minimum atomic E-state index is 0.145. The number of thiophene rings is 1. The molecule has 2 rings (SSSR count). The van der Waals surface area contributed by atoms with Crippen LogP contribution in [0.5, 0.6) is 0 Å². The second-order valence-corrected chi connectivity index (χ2v) is 6.64. The Morgan fingerprint density at radius 2 is 2.32 bits per heavy atom. The fourth-order valence-electron chi connectivity index (χ4n) is 2.93. The number of rotatable bonds is 6. The van der Waals surface area contributed by atoms with Crippen LogP contribution in [0.4, 0.5) is 0 Å². The van der Waals surface area contributed by atoms with Crippen LogP contribution in [0.2, 0.25) is 0 Å². The van der Waals surface area contributed by atoms with Crippen molar-refractivity contribution in [2.75, 3.05) is 26.2 Å². The van der Waals surface area contributed by atoms with Gasteiger partial charge >= 0.3 is 0 Å². The van der Waals surface area contributed by atoms with Gasteiger partial charge < -0.3 is 16.0 Å². The Morgan fingerprint density at radius 1 is 1.42 bits per heavy atom. The highest BCUT2D eigenvalue weighted by atomic mass is 32.1. The normalized spacial score (nSPS) is 25.4. The molecular weight excluding hydrogens is 254 g/mol. The fourth-order valence-corrected chi connectivity index (χ4v) is 3.58. The summed E-state index contributed by atoms with van der Waals surface area (Å²) < 4.78 is 0. The molecule has 0 aliphatic carbocycles. The standard InChI is InChI=1S/C15H27N3S/c1-2-8-18-9-4-6-15(13-16,7-10-18)17-12-14-5-3-11-19-14/h3,5,11,17H,2,4,6-10,12-13,16H2,1H3. The highest BCUT2D eigenvalue weighted by molar-refractivity contribution is 7.09. The molecule has 0 aromatic carbocycles. The third kappa shape index (κ3) is 4.28. The van der Waals surface area contributed by atoms with E-state index in [0.29, 0.717) is 0 Å². The number of nitrogens with one attached hydrogen (secondary N) is 1. The number of likely N-dealkylation sites (tertiary alicyclic amines) is 1. The van der Waals surface area contributed by atoms with Crippen molar-refractivity contribution in [2.24, 2.45) is 5.73 Å². The second kappa shape index (κ2) is 7.39. The molecule has 1 fully saturated rings. The van der Waals surface area contributed by atoms with E-state index in [1.54, 1.807) is 0 Å². The number of hydrogen-bond donors (Lipinski definition) is 2. The van der Waals surface area contributed by atoms with Crippen molar-refractivity contribution in [1.29, 1.82) is 0 Å². The van der Waals surface area contributed by atoms with Crippen LogP contribution in [0.15, 0.2) is 17.5 Å². The average molecular weight is 281 g/mol. The first-order chi connectivity index (χ1) is 9.28. The lowest BCUT2D eigenvalue weighted by Gasteiger charge is -2.33. The molecular formula is C15H27N3S. The summed E-state index contributed by atoms with van der Waals surface area (Å²) in [5.41, 5.74) is 6.23. The zero-order valence-corrected chi connectivity index (χ0v) is 12.8. The molecule has 1 aromatic heterocycles. The number of hydrogen-bond acceptors (Lipinski definition) is 4. The molecule has 1 aromatic rings. The van der Waals surface area contributed by atoms with Gasteiger partial charge in [0.25, 0.3) is 0 Å². The quantitative estimate of drug-likeness (QED) is 0.841. The minimum absolute atomic E-state index is 0.145. The molecule has 0 saturated carbocycles. The summed E-state index contributed by atoms with van der Waals surface area (Å²) in [6.07, 6.45) is 4.89. The Balaban J connectivity index is 1.90. The molecule has 19 heavy (non-hydrogen) atoms. The van der Waals surface area contributed by atoms with Crippen LogP contribution < -0.4 is 11.1 Å². The Morgan fingerprint density at radius 3 is 3.00 bits per heavy atom. The molecule has 1 atom stereocenters. The second-order valence-electron chi connectivity index (χ2n) is 5.61. The van der Waals surface area contributed by atoms with Crippen molar-refractivity contribution in [2.45, 2.75) is 44.7 Å². The largest absolute Gasteiger partial charge is 0.329 e. The van der Waals surface area contributed by atoms with E-state index < -0.39 is 0 Å². The van der Waals surface area contributed by atoms with Crippen molar-refractivity contribution in [3.05, 3.63) is 22.4 Å². The molecule has 2 heterocycles. The molecule has 1 aliphatic rings. The number of nitrogens with zero attached hydrogens (tertiary/aromatic N) is 1. The van der Waals surface area contributed by atoms with Crippen LogP contribution in [0.25, 0.3) is 0 Å². The van der Waals surface area contributed by atoms with Gasteiger partial charge in [0.2, 0.25) is 0 Å². The van der Waals surface area contributed by atoms with Crippen LogP contribution >= 0.6 is 11.3 Å². The summed E-state index contributed by atoms with van der Waals surface area (Å²) >= 11 is 1.82. The zero-order valence-electron chi connectivity index (χ0n) is 12.0. The fraction of sp³-hybridized carbons (Fsp3) is 0.733. The first-order valence-electron chi connectivity index (χ1n) is 7.48. The topological polar surface area (TPSA) is 41.3 Å². The van der Waals surface area contributed by atoms with Gasteiger partial charge in [-0.15, -0.1) is 11.3 Å². The van der Waals surface area contributed by atoms with Crippen LogP contribution in [0, 0.1) is 0 Å². The summed E-state index contributed by atoms with van der Waals surface area (Å²) in [6, 6.07) is 4.31. The molecule has 0 bridgehead atoms. The van der Waals surface area contributed by atoms with Crippen LogP contribution in [-0.2, 0) is 6.54 Å². The van der Waals surface area contributed by atoms with Crippen molar-refractivity contribution >= 4 is 11.3 Å². The van der Waals surface area contributed by atoms with Gasteiger partial charge in [-0.25, -0.2) is 0 Å². The summed E-state index contributed by atoms with van der Waals surface area (Å²) in [7, 11) is 0. The summed E-state index contributed by atoms with van der Waals surface area (Å²) in [4.78, 5) is 3.99. The predicted octanol–water partition coefficient (Wildman–Crippen LogP) is 2.43. The zero-order chi connectivity index (χ0) is 13.6. The maximum atomic E-state index is 6.09. The molecule has 4 heteroatoms. The molecule has 0 spiro atoms. The Hall–Kier alpha value is -0.420. The molecule has 1 aliphatic heterocycles. The van der Waals surface area contributed by atoms with E-state index in [2.05, 4.69) is 34.7 Å². The molecule has 3 N–H and O–H groups in total. The summed E-state index contributed by atoms with van der Waals surface area (Å²) in [5.74, 6) is 0. The lowest BCUT2D eigenvalue weighted by Crippen LogP contribution is -2.51. The first-order valence-corrected chi connectivity index (χ1v) is 8.36. The maximum Gasteiger partial charge on any atom is 0.0320 e. The lowest BCUT2D eigenvalue weighted by molar-refractivity contribution is 0.258. The van der Waals surface area contributed by atoms with Gasteiger partial charge in [0.05, 0.1) is 0 Å². The van der Waals surface area contributed by atoms with Gasteiger partial charge in [-0.05, 0) is 56.8 Å². The van der Waals surface area contributed by atoms with Crippen LogP contribution in [0.3, 0.4) is 0 Å². The highest BCUT2D eigenvalue weighted by Gasteiger charge is 2.30. The van der Waals surface area contributed by atoms with Crippen molar-refractivity contribution in [3.63, 3.8) is 0 Å². The highest BCUT2D eigenvalue weighted by Crippen LogP contribution is 2.23. The molecule has 1 saturated heterocycles. The Bertz CT molecular complexity index is 352. The maximum absolute atomic E-state index is 6.09. The van der Waals surface area contributed by atoms with E-state index in [4.69, 9.17) is 5.73 Å². The van der Waals surface area contributed by atoms with E-state index in [9.17, 15) is 0 Å². The van der Waals surface area contributed by atoms with Crippen molar-refractivity contribution < 1.29 is 0 Å². The average Bonchev–Trinajstić information content (AvgIpc) is 2.87. The van der Waals surface area contributed by atoms with E-state index in [1.165, 1.54) is 50.2 Å². The Labute approximate surface area is 121 Å². The molecule has 3 nitrogen and oxygen atoms in total. The lowest BCUT2D eigenvalue weighted by atomic mass is 9.90. The van der Waals surface area contributed by atoms with E-state index in [1.807, 2.05) is 11.3 Å². The van der Waals surface area contributed by atoms with Gasteiger partial charge in [-0.3, -0.25) is 0 Å². The van der Waals surface area contributed by atoms with Gasteiger partial charge in [0.15, 0.2) is 0 Å². The third-order valence-corrected chi connectivity index (χ3v) is 5.06. The van der Waals surface area contributed by atoms with Gasteiger partial charge in [0, 0.05) is 23.5 Å². The van der Waals surface area contributed by atoms with E-state index >= 15 is 0 Å². The molecule has 1 unspecified atom stereocenters. The molecule has 108 valence electrons. The predicted molar refractivity (Wildman–Crippen MR) is 83.5 cm³/mol. The number of nitrogens with two attached hydrogens (primary N) is 1. The van der Waals surface area contributed by atoms with Crippen molar-refractivity contribution in [3.8, 4) is 0 Å². The van der Waals surface area contributed by atoms with Crippen LogP contribution in [0.1, 0.15) is 37.5 Å². The van der Waals surface area contributed by atoms with Crippen molar-refractivity contribution in [1.82, 2.24) is 10.2 Å². The first kappa shape index (κ1) is 15.0. The van der Waals surface area contributed by atoms with E-state index in [0.717, 1.165) is 13.1 Å². The SMILES string of the molecule is CCCN1CCCC(CN)(NCc2cccs2)CC1. The van der Waals surface area contributed by atoms with Gasteiger partial charge in [0.1, 0.15) is 0 Å². The minimum Gasteiger partial charge on any atom is -0.329 e. The van der Waals surface area contributed by atoms with Gasteiger partial charge in [-0.1, -0.05) is 13.0 Å². The van der Waals surface area contributed by atoms with Crippen LogP contribution in [-0.4, -0.2) is 36.6 Å². The monoisotopic (exact) mass is 281 g/mol. The smallest absolute Gasteiger partial charge is 0.0320 e. The Kier molecular flexibility index (Phi) is 5.82. The summed E-state index contributed by atoms with van der Waals surface area (Å²) in [6.45, 7) is 7.61. The molecule has 0 radical (unpaired) electrons.